The Labute approximate surface area is 161 Å². The van der Waals surface area contributed by atoms with Crippen molar-refractivity contribution < 1.29 is 23.9 Å². The summed E-state index contributed by atoms with van der Waals surface area (Å²) in [6.07, 6.45) is 0. The molecule has 0 atom stereocenters. The molecule has 2 rings (SSSR count). The third kappa shape index (κ3) is 5.82. The van der Waals surface area contributed by atoms with Gasteiger partial charge in [-0.1, -0.05) is 26.0 Å². The number of thiophene rings is 1. The zero-order chi connectivity index (χ0) is 20.0. The number of ether oxygens (including phenoxy) is 2. The normalized spacial score (nSPS) is 10.5. The Hall–Kier alpha value is -2.87. The molecule has 7 nitrogen and oxygen atoms in total. The van der Waals surface area contributed by atoms with Crippen molar-refractivity contribution in [1.29, 1.82) is 0 Å². The summed E-state index contributed by atoms with van der Waals surface area (Å²) in [4.78, 5) is 35.0. The van der Waals surface area contributed by atoms with Crippen LogP contribution in [0.5, 0.6) is 5.75 Å². The zero-order valence-electron chi connectivity index (χ0n) is 15.4. The molecule has 0 fully saturated rings. The molecule has 0 unspecified atom stereocenters. The molecule has 0 saturated heterocycles. The number of amides is 2. The van der Waals surface area contributed by atoms with E-state index in [1.165, 1.54) is 6.07 Å². The second kappa shape index (κ2) is 9.18. The number of aryl methyl sites for hydroxylation is 1. The summed E-state index contributed by atoms with van der Waals surface area (Å²) in [5.74, 6) is -1.01. The second-order valence-corrected chi connectivity index (χ2v) is 7.14. The minimum atomic E-state index is -0.664. The minimum absolute atomic E-state index is 0.212. The Morgan fingerprint density at radius 2 is 1.93 bits per heavy atom. The van der Waals surface area contributed by atoms with Crippen LogP contribution >= 0.6 is 11.3 Å². The SMILES string of the molecule is Cc1ccc(C(C)C)c(OCC(=O)OCC(=O)Nc2sccc2C(N)=O)c1. The van der Waals surface area contributed by atoms with Crippen LogP contribution in [0.2, 0.25) is 0 Å². The summed E-state index contributed by atoms with van der Waals surface area (Å²) in [7, 11) is 0. The van der Waals surface area contributed by atoms with Crippen LogP contribution in [0.25, 0.3) is 0 Å². The van der Waals surface area contributed by atoms with Crippen molar-refractivity contribution in [3.63, 3.8) is 0 Å². The number of carbonyl (C=O) groups is 3. The van der Waals surface area contributed by atoms with E-state index in [2.05, 4.69) is 5.32 Å². The fourth-order valence-corrected chi connectivity index (χ4v) is 3.14. The maximum absolute atomic E-state index is 11.9. The van der Waals surface area contributed by atoms with Crippen LogP contribution in [-0.2, 0) is 14.3 Å². The largest absolute Gasteiger partial charge is 0.482 e. The van der Waals surface area contributed by atoms with Gasteiger partial charge in [0.25, 0.3) is 11.8 Å². The van der Waals surface area contributed by atoms with Crippen LogP contribution in [0.4, 0.5) is 5.00 Å². The molecule has 0 aliphatic heterocycles. The summed E-state index contributed by atoms with van der Waals surface area (Å²) in [5.41, 5.74) is 7.43. The smallest absolute Gasteiger partial charge is 0.344 e. The topological polar surface area (TPSA) is 108 Å². The molecule has 2 amide bonds. The van der Waals surface area contributed by atoms with E-state index >= 15 is 0 Å². The molecule has 0 saturated carbocycles. The highest BCUT2D eigenvalue weighted by Gasteiger charge is 2.15. The van der Waals surface area contributed by atoms with E-state index in [9.17, 15) is 14.4 Å². The highest BCUT2D eigenvalue weighted by Crippen LogP contribution is 2.27. The van der Waals surface area contributed by atoms with Gasteiger partial charge in [-0.2, -0.15) is 0 Å². The van der Waals surface area contributed by atoms with Crippen molar-refractivity contribution in [2.75, 3.05) is 18.5 Å². The molecule has 144 valence electrons. The molecule has 0 radical (unpaired) electrons. The average Bonchev–Trinajstić information content (AvgIpc) is 3.06. The number of esters is 1. The first-order valence-electron chi connectivity index (χ1n) is 8.34. The van der Waals surface area contributed by atoms with Gasteiger partial charge in [-0.15, -0.1) is 11.3 Å². The van der Waals surface area contributed by atoms with E-state index in [0.717, 1.165) is 22.5 Å². The van der Waals surface area contributed by atoms with Crippen molar-refractivity contribution in [1.82, 2.24) is 0 Å². The highest BCUT2D eigenvalue weighted by molar-refractivity contribution is 7.14. The number of primary amides is 1. The summed E-state index contributed by atoms with van der Waals surface area (Å²) in [6.45, 7) is 5.21. The fraction of sp³-hybridized carbons (Fsp3) is 0.316. The van der Waals surface area contributed by atoms with Crippen molar-refractivity contribution >= 4 is 34.1 Å². The number of hydrogen-bond acceptors (Lipinski definition) is 6. The van der Waals surface area contributed by atoms with Crippen molar-refractivity contribution in [3.05, 3.63) is 46.3 Å². The lowest BCUT2D eigenvalue weighted by Crippen LogP contribution is -2.24. The van der Waals surface area contributed by atoms with Gasteiger partial charge < -0.3 is 20.5 Å². The minimum Gasteiger partial charge on any atom is -0.482 e. The lowest BCUT2D eigenvalue weighted by molar-refractivity contribution is -0.149. The molecule has 2 aromatic rings. The first-order valence-corrected chi connectivity index (χ1v) is 9.22. The quantitative estimate of drug-likeness (QED) is 0.674. The van der Waals surface area contributed by atoms with Crippen LogP contribution < -0.4 is 15.8 Å². The van der Waals surface area contributed by atoms with Crippen LogP contribution in [0.1, 0.15) is 41.3 Å². The van der Waals surface area contributed by atoms with Gasteiger partial charge in [0.2, 0.25) is 0 Å². The lowest BCUT2D eigenvalue weighted by atomic mass is 10.0. The zero-order valence-corrected chi connectivity index (χ0v) is 16.2. The Morgan fingerprint density at radius 1 is 1.19 bits per heavy atom. The number of carbonyl (C=O) groups excluding carboxylic acids is 3. The molecule has 3 N–H and O–H groups in total. The van der Waals surface area contributed by atoms with Crippen LogP contribution in [-0.4, -0.2) is 31.0 Å². The van der Waals surface area contributed by atoms with Crippen molar-refractivity contribution in [2.24, 2.45) is 5.73 Å². The van der Waals surface area contributed by atoms with Gasteiger partial charge in [-0.25, -0.2) is 4.79 Å². The Balaban J connectivity index is 1.84. The predicted octanol–water partition coefficient (Wildman–Crippen LogP) is 2.84. The first-order chi connectivity index (χ1) is 12.8. The van der Waals surface area contributed by atoms with Gasteiger partial charge in [0.15, 0.2) is 13.2 Å². The summed E-state index contributed by atoms with van der Waals surface area (Å²) < 4.78 is 10.5. The Morgan fingerprint density at radius 3 is 2.59 bits per heavy atom. The van der Waals surface area contributed by atoms with Crippen molar-refractivity contribution in [3.8, 4) is 5.75 Å². The van der Waals surface area contributed by atoms with Gasteiger partial charge in [-0.3, -0.25) is 9.59 Å². The molecular weight excluding hydrogens is 368 g/mol. The van der Waals surface area contributed by atoms with Crippen LogP contribution in [0.3, 0.4) is 0 Å². The number of nitrogens with two attached hydrogens (primary N) is 1. The van der Waals surface area contributed by atoms with Gasteiger partial charge in [0.1, 0.15) is 10.8 Å². The molecule has 8 heteroatoms. The van der Waals surface area contributed by atoms with E-state index < -0.39 is 24.4 Å². The predicted molar refractivity (Wildman–Crippen MR) is 103 cm³/mol. The molecule has 0 aliphatic rings. The van der Waals surface area contributed by atoms with E-state index in [1.807, 2.05) is 39.0 Å². The van der Waals surface area contributed by atoms with Crippen LogP contribution in [0, 0.1) is 6.92 Å². The maximum atomic E-state index is 11.9. The van der Waals surface area contributed by atoms with Crippen LogP contribution in [0.15, 0.2) is 29.6 Å². The molecule has 1 heterocycles. The number of rotatable bonds is 8. The number of nitrogens with one attached hydrogen (secondary N) is 1. The van der Waals surface area contributed by atoms with E-state index in [0.29, 0.717) is 10.8 Å². The summed E-state index contributed by atoms with van der Waals surface area (Å²) >= 11 is 1.16. The molecular formula is C19H22N2O5S. The van der Waals surface area contributed by atoms with Gasteiger partial charge >= 0.3 is 5.97 Å². The van der Waals surface area contributed by atoms with E-state index in [4.69, 9.17) is 15.2 Å². The Bertz CT molecular complexity index is 844. The number of hydrogen-bond donors (Lipinski definition) is 2. The third-order valence-electron chi connectivity index (χ3n) is 3.68. The lowest BCUT2D eigenvalue weighted by Gasteiger charge is -2.14. The first kappa shape index (κ1) is 20.4. The maximum Gasteiger partial charge on any atom is 0.344 e. The fourth-order valence-electron chi connectivity index (χ4n) is 2.33. The van der Waals surface area contributed by atoms with E-state index in [-0.39, 0.29) is 18.1 Å². The van der Waals surface area contributed by atoms with E-state index in [1.54, 1.807) is 5.38 Å². The number of anilines is 1. The average molecular weight is 390 g/mol. The number of benzene rings is 1. The van der Waals surface area contributed by atoms with Gasteiger partial charge in [-0.05, 0) is 41.5 Å². The van der Waals surface area contributed by atoms with Gasteiger partial charge in [0.05, 0.1) is 5.56 Å². The monoisotopic (exact) mass is 390 g/mol. The highest BCUT2D eigenvalue weighted by atomic mass is 32.1. The molecule has 1 aromatic heterocycles. The Kier molecular flexibility index (Phi) is 6.95. The summed E-state index contributed by atoms with van der Waals surface area (Å²) in [6, 6.07) is 7.31. The molecule has 0 bridgehead atoms. The van der Waals surface area contributed by atoms with Gasteiger partial charge in [0, 0.05) is 0 Å². The molecule has 27 heavy (non-hydrogen) atoms. The molecule has 0 aliphatic carbocycles. The second-order valence-electron chi connectivity index (χ2n) is 6.22. The summed E-state index contributed by atoms with van der Waals surface area (Å²) in [5, 5.41) is 4.44. The standard InChI is InChI=1S/C19H22N2O5S/c1-11(2)13-5-4-12(3)8-15(13)25-10-17(23)26-9-16(22)21-19-14(18(20)24)6-7-27-19/h4-8,11H,9-10H2,1-3H3,(H2,20,24)(H,21,22). The molecule has 1 aromatic carbocycles. The molecule has 0 spiro atoms. The van der Waals surface area contributed by atoms with Crippen molar-refractivity contribution in [2.45, 2.75) is 26.7 Å². The third-order valence-corrected chi connectivity index (χ3v) is 4.51.